The largest absolute Gasteiger partial charge is 0.389 e. The van der Waals surface area contributed by atoms with Crippen LogP contribution in [-0.4, -0.2) is 29.2 Å². The number of nitrogens with zero attached hydrogens (tertiary/aromatic N) is 1. The van der Waals surface area contributed by atoms with Gasteiger partial charge in [0, 0.05) is 18.4 Å². The molecule has 0 aromatic carbocycles. The number of pyridine rings is 1. The maximum Gasteiger partial charge on any atom is 0.106 e. The zero-order chi connectivity index (χ0) is 13.5. The third kappa shape index (κ3) is 4.23. The van der Waals surface area contributed by atoms with Crippen molar-refractivity contribution in [1.82, 2.24) is 4.98 Å². The van der Waals surface area contributed by atoms with Crippen molar-refractivity contribution in [2.75, 3.05) is 18.5 Å². The summed E-state index contributed by atoms with van der Waals surface area (Å²) in [5.41, 5.74) is 7.38. The molecular formula is C13H21N3OS. The predicted molar refractivity (Wildman–Crippen MR) is 78.9 cm³/mol. The average molecular weight is 267 g/mol. The van der Waals surface area contributed by atoms with Crippen molar-refractivity contribution < 1.29 is 4.74 Å². The molecule has 0 saturated heterocycles. The maximum atomic E-state index is 5.70. The summed E-state index contributed by atoms with van der Waals surface area (Å²) in [6, 6.07) is 2.03. The Labute approximate surface area is 114 Å². The van der Waals surface area contributed by atoms with Gasteiger partial charge >= 0.3 is 0 Å². The molecule has 1 aromatic rings. The molecule has 0 spiro atoms. The van der Waals surface area contributed by atoms with Crippen molar-refractivity contribution in [1.29, 1.82) is 0 Å². The van der Waals surface area contributed by atoms with Gasteiger partial charge in [-0.15, -0.1) is 0 Å². The normalized spacial score (nSPS) is 12.4. The number of hydrogen-bond acceptors (Lipinski definition) is 4. The molecule has 100 valence electrons. The Morgan fingerprint density at radius 3 is 2.83 bits per heavy atom. The topological polar surface area (TPSA) is 60.2 Å². The zero-order valence-electron chi connectivity index (χ0n) is 11.1. The molecule has 0 bridgehead atoms. The zero-order valence-corrected chi connectivity index (χ0v) is 12.0. The van der Waals surface area contributed by atoms with Crippen LogP contribution in [-0.2, 0) is 4.74 Å². The van der Waals surface area contributed by atoms with Gasteiger partial charge in [-0.05, 0) is 18.9 Å². The van der Waals surface area contributed by atoms with Crippen LogP contribution in [0.4, 0.5) is 5.69 Å². The Morgan fingerprint density at radius 2 is 2.28 bits per heavy atom. The third-order valence-corrected chi connectivity index (χ3v) is 2.95. The van der Waals surface area contributed by atoms with Gasteiger partial charge < -0.3 is 15.8 Å². The molecule has 4 nitrogen and oxygen atoms in total. The molecule has 0 fully saturated rings. The lowest BCUT2D eigenvalue weighted by atomic mass is 10.0. The Balaban J connectivity index is 2.83. The highest BCUT2D eigenvalue weighted by Crippen LogP contribution is 2.17. The first-order chi connectivity index (χ1) is 8.56. The lowest BCUT2D eigenvalue weighted by molar-refractivity contribution is 0.127. The third-order valence-electron chi connectivity index (χ3n) is 2.73. The fraction of sp³-hybridized carbons (Fsp3) is 0.538. The molecule has 0 aliphatic carbocycles. The molecule has 1 unspecified atom stereocenters. The van der Waals surface area contributed by atoms with Crippen LogP contribution < -0.4 is 11.1 Å². The molecule has 0 radical (unpaired) electrons. The molecule has 1 heterocycles. The van der Waals surface area contributed by atoms with E-state index >= 15 is 0 Å². The molecule has 0 aliphatic heterocycles. The van der Waals surface area contributed by atoms with Gasteiger partial charge in [-0.25, -0.2) is 0 Å². The monoisotopic (exact) mass is 267 g/mol. The van der Waals surface area contributed by atoms with Crippen molar-refractivity contribution in [3.8, 4) is 0 Å². The van der Waals surface area contributed by atoms with E-state index in [9.17, 15) is 0 Å². The number of hydrogen-bond donors (Lipinski definition) is 2. The Morgan fingerprint density at radius 1 is 1.56 bits per heavy atom. The summed E-state index contributed by atoms with van der Waals surface area (Å²) in [4.78, 5) is 4.48. The Hall–Kier alpha value is -1.20. The molecule has 0 amide bonds. The van der Waals surface area contributed by atoms with Crippen molar-refractivity contribution in [3.63, 3.8) is 0 Å². The van der Waals surface area contributed by atoms with E-state index < -0.39 is 0 Å². The van der Waals surface area contributed by atoms with Gasteiger partial charge in [-0.2, -0.15) is 0 Å². The minimum Gasteiger partial charge on any atom is -0.389 e. The smallest absolute Gasteiger partial charge is 0.106 e. The second-order valence-corrected chi connectivity index (χ2v) is 4.88. The molecule has 1 aromatic heterocycles. The highest BCUT2D eigenvalue weighted by molar-refractivity contribution is 7.80. The minimum atomic E-state index is 0.210. The van der Waals surface area contributed by atoms with E-state index in [4.69, 9.17) is 22.7 Å². The molecular weight excluding hydrogens is 246 g/mol. The van der Waals surface area contributed by atoms with E-state index in [-0.39, 0.29) is 6.04 Å². The van der Waals surface area contributed by atoms with E-state index in [0.717, 1.165) is 11.3 Å². The first kappa shape index (κ1) is 14.9. The number of ether oxygens (including phenoxy) is 1. The van der Waals surface area contributed by atoms with Crippen LogP contribution in [0.3, 0.4) is 0 Å². The maximum absolute atomic E-state index is 5.70. The van der Waals surface area contributed by atoms with Gasteiger partial charge in [0.25, 0.3) is 0 Å². The summed E-state index contributed by atoms with van der Waals surface area (Å²) in [7, 11) is 0. The van der Waals surface area contributed by atoms with Crippen LogP contribution in [0.1, 0.15) is 26.3 Å². The first-order valence-corrected chi connectivity index (χ1v) is 6.55. The lowest BCUT2D eigenvalue weighted by Crippen LogP contribution is -2.32. The van der Waals surface area contributed by atoms with Gasteiger partial charge in [0.05, 0.1) is 24.5 Å². The number of nitrogens with two attached hydrogens (primary N) is 1. The van der Waals surface area contributed by atoms with Gasteiger partial charge in [-0.3, -0.25) is 4.98 Å². The highest BCUT2D eigenvalue weighted by atomic mass is 32.1. The molecule has 5 heteroatoms. The van der Waals surface area contributed by atoms with Crippen LogP contribution in [0, 0.1) is 5.92 Å². The number of nitrogens with one attached hydrogen (secondary N) is 1. The van der Waals surface area contributed by atoms with Crippen LogP contribution in [0.5, 0.6) is 0 Å². The van der Waals surface area contributed by atoms with Crippen molar-refractivity contribution in [2.24, 2.45) is 11.7 Å². The second kappa shape index (κ2) is 7.28. The lowest BCUT2D eigenvalue weighted by Gasteiger charge is -2.24. The fourth-order valence-corrected chi connectivity index (χ4v) is 1.75. The Bertz CT molecular complexity index is 396. The predicted octanol–water partition coefficient (Wildman–Crippen LogP) is 2.19. The number of thiocarbonyl (C=S) groups is 1. The average Bonchev–Trinajstić information content (AvgIpc) is 2.34. The number of rotatable bonds is 7. The van der Waals surface area contributed by atoms with Crippen LogP contribution in [0.2, 0.25) is 0 Å². The number of anilines is 1. The second-order valence-electron chi connectivity index (χ2n) is 4.44. The molecule has 3 N–H and O–H groups in total. The summed E-state index contributed by atoms with van der Waals surface area (Å²) in [6.45, 7) is 7.64. The van der Waals surface area contributed by atoms with E-state index in [2.05, 4.69) is 24.1 Å². The summed E-state index contributed by atoms with van der Waals surface area (Å²) in [5, 5.41) is 3.41. The van der Waals surface area contributed by atoms with Crippen molar-refractivity contribution >= 4 is 22.9 Å². The van der Waals surface area contributed by atoms with Gasteiger partial charge in [0.2, 0.25) is 0 Å². The van der Waals surface area contributed by atoms with Crippen LogP contribution in [0.15, 0.2) is 18.5 Å². The summed E-state index contributed by atoms with van der Waals surface area (Å²) < 4.78 is 5.48. The standard InChI is InChI=1S/C13H21N3OS/c1-4-17-8-12(9(2)3)16-11-7-15-6-5-10(11)13(14)18/h5-7,9,12,16H,4,8H2,1-3H3,(H2,14,18). The summed E-state index contributed by atoms with van der Waals surface area (Å²) in [6.07, 6.45) is 3.43. The molecule has 18 heavy (non-hydrogen) atoms. The van der Waals surface area contributed by atoms with Gasteiger partial charge in [0.1, 0.15) is 4.99 Å². The van der Waals surface area contributed by atoms with E-state index in [1.165, 1.54) is 0 Å². The van der Waals surface area contributed by atoms with Crippen LogP contribution >= 0.6 is 12.2 Å². The van der Waals surface area contributed by atoms with Gasteiger partial charge in [0.15, 0.2) is 0 Å². The fourth-order valence-electron chi connectivity index (χ4n) is 1.57. The first-order valence-electron chi connectivity index (χ1n) is 6.14. The molecule has 0 saturated carbocycles. The SMILES string of the molecule is CCOCC(Nc1cnccc1C(N)=S)C(C)C. The molecule has 0 aliphatic rings. The summed E-state index contributed by atoms with van der Waals surface area (Å²) >= 11 is 5.03. The van der Waals surface area contributed by atoms with E-state index in [1.54, 1.807) is 12.4 Å². The van der Waals surface area contributed by atoms with Crippen molar-refractivity contribution in [2.45, 2.75) is 26.8 Å². The van der Waals surface area contributed by atoms with Crippen LogP contribution in [0.25, 0.3) is 0 Å². The molecule has 1 atom stereocenters. The van der Waals surface area contributed by atoms with Crippen molar-refractivity contribution in [3.05, 3.63) is 24.0 Å². The molecule has 1 rings (SSSR count). The van der Waals surface area contributed by atoms with E-state index in [0.29, 0.717) is 24.1 Å². The highest BCUT2D eigenvalue weighted by Gasteiger charge is 2.15. The Kier molecular flexibility index (Phi) is 6.01. The quantitative estimate of drug-likeness (QED) is 0.742. The van der Waals surface area contributed by atoms with Gasteiger partial charge in [-0.1, -0.05) is 26.1 Å². The number of aromatic nitrogens is 1. The van der Waals surface area contributed by atoms with E-state index in [1.807, 2.05) is 13.0 Å². The minimum absolute atomic E-state index is 0.210. The summed E-state index contributed by atoms with van der Waals surface area (Å²) in [5.74, 6) is 0.441.